The van der Waals surface area contributed by atoms with Gasteiger partial charge in [-0.2, -0.15) is 0 Å². The minimum absolute atomic E-state index is 0.204. The third kappa shape index (κ3) is 4.09. The molecule has 0 rings (SSSR count). The lowest BCUT2D eigenvalue weighted by Crippen LogP contribution is -2.30. The molecule has 0 bridgehead atoms. The van der Waals surface area contributed by atoms with Crippen LogP contribution in [-0.2, 0) is 0 Å². The molecule has 50 valence electrons. The van der Waals surface area contributed by atoms with E-state index in [4.69, 9.17) is 11.5 Å². The fraction of sp³-hybridized carbons (Fsp3) is 1.00. The van der Waals surface area contributed by atoms with Crippen molar-refractivity contribution in [3.63, 3.8) is 0 Å². The number of rotatable bonds is 3. The summed E-state index contributed by atoms with van der Waals surface area (Å²) in [5.41, 5.74) is 10.8. The molecule has 2 nitrogen and oxygen atoms in total. The van der Waals surface area contributed by atoms with Crippen molar-refractivity contribution in [1.82, 2.24) is 0 Å². The van der Waals surface area contributed by atoms with Crippen molar-refractivity contribution in [2.45, 2.75) is 26.3 Å². The standard InChI is InChI=1S/C6H16N2/c1-5(2)3-6(8)4-7/h5-6H,3-4,7-8H2,1-2H3/t6-/m0/s1. The van der Waals surface area contributed by atoms with E-state index in [1.807, 2.05) is 0 Å². The molecule has 0 heterocycles. The Morgan fingerprint density at radius 2 is 1.88 bits per heavy atom. The Morgan fingerprint density at radius 1 is 1.38 bits per heavy atom. The molecule has 0 aliphatic rings. The molecule has 0 amide bonds. The first-order valence-electron chi connectivity index (χ1n) is 3.12. The van der Waals surface area contributed by atoms with Crippen LogP contribution < -0.4 is 11.5 Å². The summed E-state index contributed by atoms with van der Waals surface area (Å²) in [5.74, 6) is 0.675. The SMILES string of the molecule is CC(C)C[C@H](N)CN. The lowest BCUT2D eigenvalue weighted by Gasteiger charge is -2.09. The number of nitrogens with two attached hydrogens (primary N) is 2. The first-order chi connectivity index (χ1) is 3.66. The molecular formula is C6H16N2. The van der Waals surface area contributed by atoms with E-state index in [1.165, 1.54) is 0 Å². The predicted octanol–water partition coefficient (Wildman–Crippen LogP) is 0.319. The third-order valence-corrected chi connectivity index (χ3v) is 1.08. The second-order valence-electron chi connectivity index (χ2n) is 2.63. The molecule has 8 heavy (non-hydrogen) atoms. The minimum Gasteiger partial charge on any atom is -0.329 e. The van der Waals surface area contributed by atoms with Crippen LogP contribution in [0, 0.1) is 5.92 Å². The summed E-state index contributed by atoms with van der Waals surface area (Å²) in [7, 11) is 0. The van der Waals surface area contributed by atoms with Gasteiger partial charge in [-0.1, -0.05) is 13.8 Å². The van der Waals surface area contributed by atoms with Gasteiger partial charge >= 0.3 is 0 Å². The third-order valence-electron chi connectivity index (χ3n) is 1.08. The van der Waals surface area contributed by atoms with E-state index >= 15 is 0 Å². The molecule has 0 aliphatic heterocycles. The van der Waals surface area contributed by atoms with Gasteiger partial charge < -0.3 is 11.5 Å². The zero-order valence-electron chi connectivity index (χ0n) is 5.72. The van der Waals surface area contributed by atoms with Gasteiger partial charge in [0.05, 0.1) is 0 Å². The van der Waals surface area contributed by atoms with Crippen LogP contribution in [0.1, 0.15) is 20.3 Å². The maximum atomic E-state index is 5.55. The highest BCUT2D eigenvalue weighted by Crippen LogP contribution is 2.00. The van der Waals surface area contributed by atoms with Gasteiger partial charge in [0.15, 0.2) is 0 Å². The van der Waals surface area contributed by atoms with Crippen LogP contribution in [-0.4, -0.2) is 12.6 Å². The molecule has 1 atom stereocenters. The molecule has 0 fully saturated rings. The van der Waals surface area contributed by atoms with Crippen LogP contribution in [0.3, 0.4) is 0 Å². The highest BCUT2D eigenvalue weighted by molar-refractivity contribution is 4.62. The summed E-state index contributed by atoms with van der Waals surface area (Å²) < 4.78 is 0. The van der Waals surface area contributed by atoms with E-state index in [9.17, 15) is 0 Å². The van der Waals surface area contributed by atoms with E-state index in [0.717, 1.165) is 6.42 Å². The van der Waals surface area contributed by atoms with Crippen molar-refractivity contribution in [3.8, 4) is 0 Å². The molecule has 0 spiro atoms. The fourth-order valence-electron chi connectivity index (χ4n) is 0.702. The van der Waals surface area contributed by atoms with Crippen molar-refractivity contribution in [2.24, 2.45) is 17.4 Å². The zero-order chi connectivity index (χ0) is 6.57. The Morgan fingerprint density at radius 3 is 2.00 bits per heavy atom. The summed E-state index contributed by atoms with van der Waals surface area (Å²) in [5, 5.41) is 0. The first-order valence-corrected chi connectivity index (χ1v) is 3.12. The largest absolute Gasteiger partial charge is 0.329 e. The lowest BCUT2D eigenvalue weighted by atomic mass is 10.1. The lowest BCUT2D eigenvalue weighted by molar-refractivity contribution is 0.501. The summed E-state index contributed by atoms with van der Waals surface area (Å²) in [6.45, 7) is 4.91. The number of hydrogen-bond acceptors (Lipinski definition) is 2. The first kappa shape index (κ1) is 7.92. The Kier molecular flexibility index (Phi) is 3.83. The van der Waals surface area contributed by atoms with Crippen LogP contribution >= 0.6 is 0 Å². The van der Waals surface area contributed by atoms with Gasteiger partial charge in [0, 0.05) is 12.6 Å². The summed E-state index contributed by atoms with van der Waals surface area (Å²) in [6, 6.07) is 0.204. The molecule has 0 aromatic rings. The topological polar surface area (TPSA) is 52.0 Å². The van der Waals surface area contributed by atoms with Gasteiger partial charge in [-0.15, -0.1) is 0 Å². The van der Waals surface area contributed by atoms with Crippen molar-refractivity contribution >= 4 is 0 Å². The van der Waals surface area contributed by atoms with E-state index < -0.39 is 0 Å². The smallest absolute Gasteiger partial charge is 0.0165 e. The van der Waals surface area contributed by atoms with Crippen LogP contribution in [0.5, 0.6) is 0 Å². The minimum atomic E-state index is 0.204. The molecule has 0 aromatic heterocycles. The Balaban J connectivity index is 3.10. The summed E-state index contributed by atoms with van der Waals surface area (Å²) >= 11 is 0. The number of hydrogen-bond donors (Lipinski definition) is 2. The van der Waals surface area contributed by atoms with E-state index in [-0.39, 0.29) is 6.04 Å². The molecule has 0 radical (unpaired) electrons. The van der Waals surface area contributed by atoms with Crippen LogP contribution in [0.15, 0.2) is 0 Å². The fourth-order valence-corrected chi connectivity index (χ4v) is 0.702. The van der Waals surface area contributed by atoms with Gasteiger partial charge in [-0.25, -0.2) is 0 Å². The Hall–Kier alpha value is -0.0800. The Bertz CT molecular complexity index is 52.5. The molecule has 0 saturated carbocycles. The average Bonchev–Trinajstić information content (AvgIpc) is 1.65. The maximum Gasteiger partial charge on any atom is 0.0165 e. The van der Waals surface area contributed by atoms with Crippen molar-refractivity contribution in [3.05, 3.63) is 0 Å². The molecule has 2 heteroatoms. The van der Waals surface area contributed by atoms with E-state index in [0.29, 0.717) is 12.5 Å². The van der Waals surface area contributed by atoms with Crippen molar-refractivity contribution < 1.29 is 0 Å². The molecule has 0 saturated heterocycles. The molecule has 0 unspecified atom stereocenters. The van der Waals surface area contributed by atoms with Crippen LogP contribution in [0.4, 0.5) is 0 Å². The van der Waals surface area contributed by atoms with E-state index in [1.54, 1.807) is 0 Å². The average molecular weight is 116 g/mol. The monoisotopic (exact) mass is 116 g/mol. The van der Waals surface area contributed by atoms with Crippen molar-refractivity contribution in [2.75, 3.05) is 6.54 Å². The highest BCUT2D eigenvalue weighted by atomic mass is 14.7. The predicted molar refractivity (Wildman–Crippen MR) is 36.5 cm³/mol. The van der Waals surface area contributed by atoms with Gasteiger partial charge in [-0.05, 0) is 12.3 Å². The molecular weight excluding hydrogens is 100 g/mol. The van der Waals surface area contributed by atoms with Gasteiger partial charge in [0.1, 0.15) is 0 Å². The summed E-state index contributed by atoms with van der Waals surface area (Å²) in [4.78, 5) is 0. The summed E-state index contributed by atoms with van der Waals surface area (Å²) in [6.07, 6.45) is 1.04. The van der Waals surface area contributed by atoms with Crippen LogP contribution in [0.2, 0.25) is 0 Å². The van der Waals surface area contributed by atoms with Gasteiger partial charge in [-0.3, -0.25) is 0 Å². The maximum absolute atomic E-state index is 5.55. The van der Waals surface area contributed by atoms with Crippen LogP contribution in [0.25, 0.3) is 0 Å². The normalized spacial score (nSPS) is 14.6. The Labute approximate surface area is 51.2 Å². The highest BCUT2D eigenvalue weighted by Gasteiger charge is 2.00. The van der Waals surface area contributed by atoms with Crippen molar-refractivity contribution in [1.29, 1.82) is 0 Å². The zero-order valence-corrected chi connectivity index (χ0v) is 5.72. The van der Waals surface area contributed by atoms with Gasteiger partial charge in [0.2, 0.25) is 0 Å². The van der Waals surface area contributed by atoms with E-state index in [2.05, 4.69) is 13.8 Å². The quantitative estimate of drug-likeness (QED) is 0.558. The molecule has 0 aromatic carbocycles. The second kappa shape index (κ2) is 3.87. The molecule has 0 aliphatic carbocycles. The van der Waals surface area contributed by atoms with Gasteiger partial charge in [0.25, 0.3) is 0 Å². The molecule has 4 N–H and O–H groups in total. The second-order valence-corrected chi connectivity index (χ2v) is 2.63.